The van der Waals surface area contributed by atoms with Gasteiger partial charge in [-0.1, -0.05) is 28.1 Å². The van der Waals surface area contributed by atoms with Gasteiger partial charge in [0.15, 0.2) is 12.0 Å². The summed E-state index contributed by atoms with van der Waals surface area (Å²) in [6.07, 6.45) is 0.705. The zero-order chi connectivity index (χ0) is 10.8. The third-order valence-corrected chi connectivity index (χ3v) is 3.14. The van der Waals surface area contributed by atoms with Crippen LogP contribution in [0.5, 0.6) is 0 Å². The van der Waals surface area contributed by atoms with Crippen molar-refractivity contribution in [3.05, 3.63) is 46.1 Å². The topological polar surface area (TPSA) is 30.2 Å². The van der Waals surface area contributed by atoms with Crippen molar-refractivity contribution in [3.63, 3.8) is 0 Å². The highest BCUT2D eigenvalue weighted by molar-refractivity contribution is 9.10. The predicted octanol–water partition coefficient (Wildman–Crippen LogP) is 3.83. The Morgan fingerprint density at radius 1 is 1.27 bits per heavy atom. The minimum absolute atomic E-state index is 0.351. The van der Waals surface area contributed by atoms with E-state index in [0.717, 1.165) is 21.4 Å². The zero-order valence-corrected chi connectivity index (χ0v) is 9.74. The number of benzene rings is 1. The summed E-state index contributed by atoms with van der Waals surface area (Å²) in [4.78, 5) is 10.5. The van der Waals surface area contributed by atoms with Crippen LogP contribution in [0.3, 0.4) is 0 Å². The van der Waals surface area contributed by atoms with Crippen LogP contribution in [0.4, 0.5) is 0 Å². The molecule has 0 bridgehead atoms. The lowest BCUT2D eigenvalue weighted by Gasteiger charge is -2.03. The fraction of sp³-hybridized carbons (Fsp3) is 0.0833. The van der Waals surface area contributed by atoms with Crippen LogP contribution >= 0.6 is 15.9 Å². The lowest BCUT2D eigenvalue weighted by atomic mass is 10.1. The molecule has 0 atom stereocenters. The van der Waals surface area contributed by atoms with Gasteiger partial charge in [0.2, 0.25) is 0 Å². The first-order chi connectivity index (χ1) is 7.22. The molecular weight excluding hydrogens is 256 g/mol. The quantitative estimate of drug-likeness (QED) is 0.772. The van der Waals surface area contributed by atoms with Crippen LogP contribution < -0.4 is 0 Å². The van der Waals surface area contributed by atoms with Gasteiger partial charge < -0.3 is 4.42 Å². The summed E-state index contributed by atoms with van der Waals surface area (Å²) in [5, 5.41) is 0. The van der Waals surface area contributed by atoms with Crippen molar-refractivity contribution in [2.75, 3.05) is 0 Å². The van der Waals surface area contributed by atoms with Crippen LogP contribution in [0.2, 0.25) is 0 Å². The lowest BCUT2D eigenvalue weighted by molar-refractivity contribution is 0.110. The molecule has 1 heterocycles. The number of hydrogen-bond acceptors (Lipinski definition) is 2. The van der Waals surface area contributed by atoms with Crippen molar-refractivity contribution >= 4 is 22.2 Å². The fourth-order valence-electron chi connectivity index (χ4n) is 1.44. The highest BCUT2D eigenvalue weighted by Gasteiger charge is 2.08. The van der Waals surface area contributed by atoms with Gasteiger partial charge >= 0.3 is 0 Å². The molecule has 2 aromatic rings. The highest BCUT2D eigenvalue weighted by atomic mass is 79.9. The Bertz CT molecular complexity index is 500. The predicted molar refractivity (Wildman–Crippen MR) is 62.0 cm³/mol. The first kappa shape index (κ1) is 10.2. The van der Waals surface area contributed by atoms with Gasteiger partial charge in [-0.3, -0.25) is 4.79 Å². The molecule has 0 saturated carbocycles. The van der Waals surface area contributed by atoms with E-state index in [2.05, 4.69) is 15.9 Å². The number of furan rings is 1. The molecule has 0 aliphatic carbocycles. The molecule has 3 heteroatoms. The molecule has 15 heavy (non-hydrogen) atoms. The zero-order valence-electron chi connectivity index (χ0n) is 8.16. The van der Waals surface area contributed by atoms with Crippen molar-refractivity contribution in [2.45, 2.75) is 6.92 Å². The third-order valence-electron chi connectivity index (χ3n) is 2.28. The fourth-order valence-corrected chi connectivity index (χ4v) is 1.80. The molecule has 0 unspecified atom stereocenters. The van der Waals surface area contributed by atoms with Crippen molar-refractivity contribution < 1.29 is 9.21 Å². The van der Waals surface area contributed by atoms with Gasteiger partial charge in [0.25, 0.3) is 0 Å². The van der Waals surface area contributed by atoms with Crippen LogP contribution in [0.15, 0.2) is 39.2 Å². The summed E-state index contributed by atoms with van der Waals surface area (Å²) in [5.74, 6) is 1.07. The summed E-state index contributed by atoms with van der Waals surface area (Å²) >= 11 is 3.46. The minimum Gasteiger partial charge on any atom is -0.453 e. The number of halogens is 1. The molecule has 0 saturated heterocycles. The summed E-state index contributed by atoms with van der Waals surface area (Å²) in [6.45, 7) is 2.00. The van der Waals surface area contributed by atoms with E-state index in [0.29, 0.717) is 12.0 Å². The molecule has 0 fully saturated rings. The summed E-state index contributed by atoms with van der Waals surface area (Å²) in [7, 11) is 0. The number of aldehydes is 1. The Balaban J connectivity index is 2.53. The maximum absolute atomic E-state index is 10.5. The van der Waals surface area contributed by atoms with E-state index in [1.165, 1.54) is 0 Å². The largest absolute Gasteiger partial charge is 0.453 e. The van der Waals surface area contributed by atoms with Gasteiger partial charge in [0.05, 0.1) is 0 Å². The Labute approximate surface area is 96.0 Å². The van der Waals surface area contributed by atoms with Crippen molar-refractivity contribution in [1.29, 1.82) is 0 Å². The first-order valence-electron chi connectivity index (χ1n) is 4.53. The molecule has 1 aromatic carbocycles. The van der Waals surface area contributed by atoms with Gasteiger partial charge in [-0.05, 0) is 30.7 Å². The van der Waals surface area contributed by atoms with Crippen LogP contribution in [-0.4, -0.2) is 6.29 Å². The summed E-state index contributed by atoms with van der Waals surface area (Å²) in [5.41, 5.74) is 2.10. The lowest BCUT2D eigenvalue weighted by Crippen LogP contribution is -1.82. The normalized spacial score (nSPS) is 10.3. The highest BCUT2D eigenvalue weighted by Crippen LogP contribution is 2.29. The molecule has 0 spiro atoms. The van der Waals surface area contributed by atoms with Gasteiger partial charge in [-0.2, -0.15) is 0 Å². The van der Waals surface area contributed by atoms with Gasteiger partial charge in [-0.15, -0.1) is 0 Å². The molecule has 0 aliphatic heterocycles. The van der Waals surface area contributed by atoms with E-state index in [-0.39, 0.29) is 0 Å². The Morgan fingerprint density at radius 3 is 2.73 bits per heavy atom. The number of hydrogen-bond donors (Lipinski definition) is 0. The first-order valence-corrected chi connectivity index (χ1v) is 5.32. The molecule has 0 radical (unpaired) electrons. The van der Waals surface area contributed by atoms with Crippen molar-refractivity contribution in [1.82, 2.24) is 0 Å². The molecule has 76 valence electrons. The molecule has 2 nitrogen and oxygen atoms in total. The van der Waals surface area contributed by atoms with Crippen LogP contribution in [0.1, 0.15) is 16.1 Å². The van der Waals surface area contributed by atoms with E-state index in [4.69, 9.17) is 4.42 Å². The second kappa shape index (κ2) is 4.03. The molecule has 0 N–H and O–H groups in total. The van der Waals surface area contributed by atoms with E-state index < -0.39 is 0 Å². The summed E-state index contributed by atoms with van der Waals surface area (Å²) < 4.78 is 6.40. The molecule has 1 aromatic heterocycles. The maximum atomic E-state index is 10.5. The Morgan fingerprint density at radius 2 is 2.07 bits per heavy atom. The molecule has 0 amide bonds. The Kier molecular flexibility index (Phi) is 2.73. The van der Waals surface area contributed by atoms with Gasteiger partial charge in [0.1, 0.15) is 5.76 Å². The van der Waals surface area contributed by atoms with E-state index in [1.807, 2.05) is 25.1 Å². The average Bonchev–Trinajstić information content (AvgIpc) is 2.70. The smallest absolute Gasteiger partial charge is 0.185 e. The van der Waals surface area contributed by atoms with E-state index in [9.17, 15) is 4.79 Å². The van der Waals surface area contributed by atoms with Crippen LogP contribution in [-0.2, 0) is 0 Å². The second-order valence-corrected chi connectivity index (χ2v) is 4.09. The summed E-state index contributed by atoms with van der Waals surface area (Å²) in [6, 6.07) is 9.35. The maximum Gasteiger partial charge on any atom is 0.185 e. The van der Waals surface area contributed by atoms with Crippen molar-refractivity contribution in [3.8, 4) is 11.3 Å². The third kappa shape index (κ3) is 1.88. The second-order valence-electron chi connectivity index (χ2n) is 3.23. The minimum atomic E-state index is 0.351. The van der Waals surface area contributed by atoms with Crippen LogP contribution in [0, 0.1) is 6.92 Å². The number of carbonyl (C=O) groups excluding carboxylic acids is 1. The number of carbonyl (C=O) groups is 1. The van der Waals surface area contributed by atoms with Gasteiger partial charge in [-0.25, -0.2) is 0 Å². The molecule has 0 aliphatic rings. The standard InChI is InChI=1S/C12H9BrO2/c1-8-10(3-2-4-11(8)13)12-6-5-9(7-14)15-12/h2-7H,1H3. The Hall–Kier alpha value is -1.35. The molecular formula is C12H9BrO2. The van der Waals surface area contributed by atoms with Gasteiger partial charge in [0, 0.05) is 10.0 Å². The monoisotopic (exact) mass is 264 g/mol. The van der Waals surface area contributed by atoms with E-state index >= 15 is 0 Å². The SMILES string of the molecule is Cc1c(Br)cccc1-c1ccc(C=O)o1. The van der Waals surface area contributed by atoms with E-state index in [1.54, 1.807) is 12.1 Å². The average molecular weight is 265 g/mol. The molecule has 2 rings (SSSR count). The van der Waals surface area contributed by atoms with Crippen molar-refractivity contribution in [2.24, 2.45) is 0 Å². The van der Waals surface area contributed by atoms with Crippen LogP contribution in [0.25, 0.3) is 11.3 Å². The number of rotatable bonds is 2.